The number of rotatable bonds is 6. The summed E-state index contributed by atoms with van der Waals surface area (Å²) in [7, 11) is 4.70. The maximum Gasteiger partial charge on any atom is 0.332 e. The summed E-state index contributed by atoms with van der Waals surface area (Å²) in [6.45, 7) is 7.78. The number of nitrogens with zero attached hydrogens (tertiary/aromatic N) is 2. The molecule has 0 saturated carbocycles. The van der Waals surface area contributed by atoms with E-state index in [4.69, 9.17) is 19.4 Å². The third kappa shape index (κ3) is 3.50. The van der Waals surface area contributed by atoms with E-state index in [1.165, 1.54) is 7.11 Å². The highest BCUT2D eigenvalue weighted by molar-refractivity contribution is 6.47. The second kappa shape index (κ2) is 6.25. The van der Waals surface area contributed by atoms with Crippen molar-refractivity contribution in [1.82, 2.24) is 4.98 Å². The summed E-state index contributed by atoms with van der Waals surface area (Å²) in [5, 5.41) is 9.02. The second-order valence-electron chi connectivity index (χ2n) is 5.40. The molecule has 0 amide bonds. The molecule has 1 aromatic rings. The van der Waals surface area contributed by atoms with Crippen molar-refractivity contribution in [1.29, 1.82) is 5.26 Å². The molecule has 1 radical (unpaired) electrons. The van der Waals surface area contributed by atoms with Crippen LogP contribution in [-0.2, 0) is 9.39 Å². The lowest BCUT2D eigenvalue weighted by atomic mass is 9.83. The molecule has 5 nitrogen and oxygen atoms in total. The Morgan fingerprint density at radius 2 is 1.85 bits per heavy atom. The minimum Gasteiger partial charge on any atom is -0.480 e. The number of nitriles is 1. The Morgan fingerprint density at radius 3 is 2.35 bits per heavy atom. The van der Waals surface area contributed by atoms with Crippen LogP contribution in [0.1, 0.15) is 33.3 Å². The molecule has 0 N–H and O–H groups in total. The maximum atomic E-state index is 9.02. The molecule has 0 aromatic carbocycles. The molecule has 0 saturated heterocycles. The van der Waals surface area contributed by atoms with Crippen LogP contribution in [0.2, 0.25) is 0 Å². The third-order valence-electron chi connectivity index (χ3n) is 3.64. The number of hydrogen-bond acceptors (Lipinski definition) is 5. The van der Waals surface area contributed by atoms with Crippen molar-refractivity contribution in [3.63, 3.8) is 0 Å². The predicted molar refractivity (Wildman–Crippen MR) is 77.1 cm³/mol. The Balaban J connectivity index is 2.84. The molecular weight excluding hydrogens is 255 g/mol. The third-order valence-corrected chi connectivity index (χ3v) is 3.64. The lowest BCUT2D eigenvalue weighted by molar-refractivity contribution is -0.114. The van der Waals surface area contributed by atoms with Gasteiger partial charge in [-0.2, -0.15) is 5.26 Å². The van der Waals surface area contributed by atoms with E-state index in [0.717, 1.165) is 0 Å². The highest BCUT2D eigenvalue weighted by Crippen LogP contribution is 2.27. The zero-order valence-corrected chi connectivity index (χ0v) is 12.9. The summed E-state index contributed by atoms with van der Waals surface area (Å²) in [6.07, 6.45) is 1.59. The van der Waals surface area contributed by atoms with Crippen molar-refractivity contribution in [3.05, 3.63) is 17.8 Å². The summed E-state index contributed by atoms with van der Waals surface area (Å²) >= 11 is 0. The fraction of sp³-hybridized carbons (Fsp3) is 0.571. The van der Waals surface area contributed by atoms with Gasteiger partial charge in [-0.25, -0.2) is 4.98 Å². The summed E-state index contributed by atoms with van der Waals surface area (Å²) in [4.78, 5) is 4.06. The molecule has 0 aliphatic heterocycles. The summed E-state index contributed by atoms with van der Waals surface area (Å²) in [6, 6.07) is 3.71. The monoisotopic (exact) mass is 275 g/mol. The molecule has 0 fully saturated rings. The van der Waals surface area contributed by atoms with Crippen LogP contribution in [0, 0.1) is 11.3 Å². The number of methoxy groups -OCH3 is 2. The SMILES string of the molecule is COc1ncc([B]OC(C)(C)C(C)(C)OC)cc1C#N. The van der Waals surface area contributed by atoms with E-state index >= 15 is 0 Å². The van der Waals surface area contributed by atoms with Crippen LogP contribution in [0.4, 0.5) is 0 Å². The fourth-order valence-corrected chi connectivity index (χ4v) is 1.38. The minimum absolute atomic E-state index is 0.307. The van der Waals surface area contributed by atoms with Crippen LogP contribution >= 0.6 is 0 Å². The average molecular weight is 275 g/mol. The van der Waals surface area contributed by atoms with Gasteiger partial charge in [-0.3, -0.25) is 0 Å². The Labute approximate surface area is 121 Å². The van der Waals surface area contributed by atoms with Gasteiger partial charge >= 0.3 is 7.48 Å². The van der Waals surface area contributed by atoms with Crippen LogP contribution in [0.5, 0.6) is 5.88 Å². The molecule has 1 heterocycles. The molecule has 20 heavy (non-hydrogen) atoms. The highest BCUT2D eigenvalue weighted by Gasteiger charge is 2.37. The Kier molecular flexibility index (Phi) is 5.15. The number of aromatic nitrogens is 1. The van der Waals surface area contributed by atoms with Crippen molar-refractivity contribution in [2.45, 2.75) is 38.9 Å². The van der Waals surface area contributed by atoms with Gasteiger partial charge in [0, 0.05) is 13.3 Å². The largest absolute Gasteiger partial charge is 0.480 e. The van der Waals surface area contributed by atoms with Crippen molar-refractivity contribution in [3.8, 4) is 11.9 Å². The second-order valence-corrected chi connectivity index (χ2v) is 5.40. The van der Waals surface area contributed by atoms with Gasteiger partial charge < -0.3 is 14.1 Å². The zero-order valence-electron chi connectivity index (χ0n) is 12.9. The van der Waals surface area contributed by atoms with E-state index in [2.05, 4.69) is 4.98 Å². The molecule has 0 aliphatic rings. The number of pyridine rings is 1. The predicted octanol–water partition coefficient (Wildman–Crippen LogP) is 1.43. The van der Waals surface area contributed by atoms with Crippen molar-refractivity contribution >= 4 is 12.9 Å². The van der Waals surface area contributed by atoms with Gasteiger partial charge in [0.05, 0.1) is 18.3 Å². The molecule has 1 rings (SSSR count). The van der Waals surface area contributed by atoms with Gasteiger partial charge in [0.15, 0.2) is 0 Å². The van der Waals surface area contributed by atoms with Gasteiger partial charge in [0.25, 0.3) is 0 Å². The fourth-order valence-electron chi connectivity index (χ4n) is 1.38. The van der Waals surface area contributed by atoms with Gasteiger partial charge in [-0.15, -0.1) is 0 Å². The number of hydrogen-bond donors (Lipinski definition) is 0. The van der Waals surface area contributed by atoms with E-state index in [-0.39, 0.29) is 0 Å². The molecule has 6 heteroatoms. The highest BCUT2D eigenvalue weighted by atomic mass is 16.5. The molecule has 0 bridgehead atoms. The minimum atomic E-state index is -0.533. The first-order valence-electron chi connectivity index (χ1n) is 6.27. The van der Waals surface area contributed by atoms with E-state index < -0.39 is 11.2 Å². The van der Waals surface area contributed by atoms with Gasteiger partial charge in [0.2, 0.25) is 5.88 Å². The summed E-state index contributed by atoms with van der Waals surface area (Å²) < 4.78 is 16.2. The van der Waals surface area contributed by atoms with Gasteiger partial charge in [0.1, 0.15) is 11.6 Å². The first kappa shape index (κ1) is 16.5. The molecule has 1 aromatic heterocycles. The van der Waals surface area contributed by atoms with Gasteiger partial charge in [-0.05, 0) is 39.2 Å². The van der Waals surface area contributed by atoms with Crippen molar-refractivity contribution in [2.24, 2.45) is 0 Å². The number of ether oxygens (including phenoxy) is 2. The Hall–Kier alpha value is -1.58. The topological polar surface area (TPSA) is 64.4 Å². The lowest BCUT2D eigenvalue weighted by Crippen LogP contribution is -2.50. The Morgan fingerprint density at radius 1 is 1.20 bits per heavy atom. The smallest absolute Gasteiger partial charge is 0.332 e. The normalized spacial score (nSPS) is 11.8. The summed E-state index contributed by atoms with van der Waals surface area (Å²) in [5.41, 5.74) is 0.0756. The molecule has 0 spiro atoms. The average Bonchev–Trinajstić information content (AvgIpc) is 2.44. The first-order chi connectivity index (χ1) is 9.27. The summed E-state index contributed by atoms with van der Waals surface area (Å²) in [5.74, 6) is 0.307. The standard InChI is InChI=1S/C14H20BN2O3/c1-13(2,19-6)14(3,4)20-15-11-7-10(8-16)12(18-5)17-9-11/h7,9H,1-6H3. The van der Waals surface area contributed by atoms with Crippen LogP contribution in [0.3, 0.4) is 0 Å². The molecular formula is C14H20BN2O3. The first-order valence-corrected chi connectivity index (χ1v) is 6.27. The zero-order chi connectivity index (χ0) is 15.4. The molecule has 0 atom stereocenters. The van der Waals surface area contributed by atoms with E-state index in [9.17, 15) is 0 Å². The van der Waals surface area contributed by atoms with Crippen LogP contribution in [0.25, 0.3) is 0 Å². The van der Waals surface area contributed by atoms with Gasteiger partial charge in [-0.1, -0.05) is 0 Å². The van der Waals surface area contributed by atoms with E-state index in [1.54, 1.807) is 26.9 Å². The lowest BCUT2D eigenvalue weighted by Gasteiger charge is -2.40. The van der Waals surface area contributed by atoms with Crippen LogP contribution in [-0.4, -0.2) is 37.9 Å². The van der Waals surface area contributed by atoms with E-state index in [0.29, 0.717) is 16.9 Å². The van der Waals surface area contributed by atoms with E-state index in [1.807, 2.05) is 33.8 Å². The van der Waals surface area contributed by atoms with Crippen molar-refractivity contribution in [2.75, 3.05) is 14.2 Å². The molecule has 0 unspecified atom stereocenters. The Bertz CT molecular complexity index is 510. The molecule has 0 aliphatic carbocycles. The quantitative estimate of drug-likeness (QED) is 0.735. The van der Waals surface area contributed by atoms with Crippen molar-refractivity contribution < 1.29 is 14.1 Å². The molecule has 107 valence electrons. The maximum absolute atomic E-state index is 9.02. The van der Waals surface area contributed by atoms with Crippen LogP contribution in [0.15, 0.2) is 12.3 Å². The van der Waals surface area contributed by atoms with Crippen LogP contribution < -0.4 is 10.2 Å².